The molecule has 0 saturated carbocycles. The standard InChI is InChI=1S/C20H23IN2O4S/c1-13-3-4-15(12-19(13)21)20(25)22-16-5-7-18(8-6-16)28(26,27)23-10-9-17(24)11-14(23)2/h3-8,12,14,17,24H,9-11H2,1-2H3,(H,22,25). The van der Waals surface area contributed by atoms with Crippen LogP contribution in [0.2, 0.25) is 0 Å². The van der Waals surface area contributed by atoms with E-state index in [0.29, 0.717) is 30.6 Å². The summed E-state index contributed by atoms with van der Waals surface area (Å²) in [5.74, 6) is -0.243. The van der Waals surface area contributed by atoms with E-state index in [-0.39, 0.29) is 16.8 Å². The molecule has 2 unspecified atom stereocenters. The number of benzene rings is 2. The third kappa shape index (κ3) is 4.56. The summed E-state index contributed by atoms with van der Waals surface area (Å²) < 4.78 is 28.2. The van der Waals surface area contributed by atoms with Crippen LogP contribution >= 0.6 is 22.6 Å². The molecule has 150 valence electrons. The Kier molecular flexibility index (Phi) is 6.43. The maximum atomic E-state index is 12.9. The number of nitrogens with one attached hydrogen (secondary N) is 1. The predicted molar refractivity (Wildman–Crippen MR) is 117 cm³/mol. The molecule has 1 amide bonds. The third-order valence-electron chi connectivity index (χ3n) is 4.94. The van der Waals surface area contributed by atoms with Crippen LogP contribution in [0.3, 0.4) is 0 Å². The summed E-state index contributed by atoms with van der Waals surface area (Å²) in [5.41, 5.74) is 2.18. The van der Waals surface area contributed by atoms with Gasteiger partial charge in [0.25, 0.3) is 5.91 Å². The molecule has 1 saturated heterocycles. The Balaban J connectivity index is 1.74. The zero-order valence-corrected chi connectivity index (χ0v) is 18.7. The van der Waals surface area contributed by atoms with Crippen LogP contribution in [0.5, 0.6) is 0 Å². The molecule has 0 spiro atoms. The number of carbonyl (C=O) groups is 1. The van der Waals surface area contributed by atoms with Gasteiger partial charge in [0.1, 0.15) is 0 Å². The minimum atomic E-state index is -3.63. The number of carbonyl (C=O) groups excluding carboxylic acids is 1. The molecule has 1 aliphatic rings. The summed E-state index contributed by atoms with van der Waals surface area (Å²) in [6.45, 7) is 4.08. The van der Waals surface area contributed by atoms with Crippen LogP contribution in [-0.2, 0) is 10.0 Å². The Hall–Kier alpha value is -1.49. The smallest absolute Gasteiger partial charge is 0.255 e. The zero-order chi connectivity index (χ0) is 20.5. The van der Waals surface area contributed by atoms with Crippen LogP contribution in [0.25, 0.3) is 0 Å². The third-order valence-corrected chi connectivity index (χ3v) is 8.13. The monoisotopic (exact) mass is 514 g/mol. The molecule has 0 radical (unpaired) electrons. The largest absolute Gasteiger partial charge is 0.393 e. The molecule has 6 nitrogen and oxygen atoms in total. The molecule has 28 heavy (non-hydrogen) atoms. The van der Waals surface area contributed by atoms with Crippen molar-refractivity contribution in [1.82, 2.24) is 4.31 Å². The van der Waals surface area contributed by atoms with Crippen LogP contribution < -0.4 is 5.32 Å². The van der Waals surface area contributed by atoms with Crippen molar-refractivity contribution in [2.45, 2.75) is 43.7 Å². The first kappa shape index (κ1) is 21.2. The predicted octanol–water partition coefficient (Wildman–Crippen LogP) is 3.39. The summed E-state index contributed by atoms with van der Waals surface area (Å²) >= 11 is 2.18. The molecule has 1 fully saturated rings. The fourth-order valence-electron chi connectivity index (χ4n) is 3.27. The quantitative estimate of drug-likeness (QED) is 0.613. The van der Waals surface area contributed by atoms with Gasteiger partial charge < -0.3 is 10.4 Å². The first-order valence-electron chi connectivity index (χ1n) is 9.06. The van der Waals surface area contributed by atoms with Crippen molar-refractivity contribution in [2.75, 3.05) is 11.9 Å². The van der Waals surface area contributed by atoms with Gasteiger partial charge in [0.2, 0.25) is 10.0 Å². The molecular formula is C20H23IN2O4S. The van der Waals surface area contributed by atoms with E-state index >= 15 is 0 Å². The van der Waals surface area contributed by atoms with Crippen molar-refractivity contribution in [2.24, 2.45) is 0 Å². The number of sulfonamides is 1. The van der Waals surface area contributed by atoms with Gasteiger partial charge in [-0.05, 0) is 91.2 Å². The van der Waals surface area contributed by atoms with Gasteiger partial charge in [-0.2, -0.15) is 4.31 Å². The van der Waals surface area contributed by atoms with E-state index in [1.165, 1.54) is 16.4 Å². The molecule has 0 aliphatic carbocycles. The van der Waals surface area contributed by atoms with Crippen molar-refractivity contribution in [3.8, 4) is 0 Å². The van der Waals surface area contributed by atoms with Gasteiger partial charge in [0.15, 0.2) is 0 Å². The van der Waals surface area contributed by atoms with Gasteiger partial charge in [-0.15, -0.1) is 0 Å². The number of piperidine rings is 1. The molecule has 3 rings (SSSR count). The number of hydrogen-bond acceptors (Lipinski definition) is 4. The van der Waals surface area contributed by atoms with E-state index in [9.17, 15) is 18.3 Å². The number of nitrogens with zero attached hydrogens (tertiary/aromatic N) is 1. The zero-order valence-electron chi connectivity index (χ0n) is 15.7. The topological polar surface area (TPSA) is 86.7 Å². The summed E-state index contributed by atoms with van der Waals surface area (Å²) in [7, 11) is -3.63. The maximum absolute atomic E-state index is 12.9. The van der Waals surface area contributed by atoms with Crippen LogP contribution in [0.15, 0.2) is 47.4 Å². The number of anilines is 1. The van der Waals surface area contributed by atoms with Crippen LogP contribution in [-0.4, -0.2) is 42.4 Å². The lowest BCUT2D eigenvalue weighted by Gasteiger charge is -2.34. The first-order valence-corrected chi connectivity index (χ1v) is 11.6. The van der Waals surface area contributed by atoms with E-state index < -0.39 is 16.1 Å². The Morgan fingerprint density at radius 1 is 1.21 bits per heavy atom. The van der Waals surface area contributed by atoms with Crippen molar-refractivity contribution in [3.63, 3.8) is 0 Å². The lowest BCUT2D eigenvalue weighted by Crippen LogP contribution is -2.45. The first-order chi connectivity index (χ1) is 13.2. The van der Waals surface area contributed by atoms with E-state index in [1.54, 1.807) is 25.1 Å². The fraction of sp³-hybridized carbons (Fsp3) is 0.350. The van der Waals surface area contributed by atoms with Gasteiger partial charge in [0, 0.05) is 27.4 Å². The SMILES string of the molecule is Cc1ccc(C(=O)Nc2ccc(S(=O)(=O)N3CCC(O)CC3C)cc2)cc1I. The fourth-order valence-corrected chi connectivity index (χ4v) is 5.44. The van der Waals surface area contributed by atoms with Crippen molar-refractivity contribution in [3.05, 3.63) is 57.2 Å². The van der Waals surface area contributed by atoms with E-state index in [4.69, 9.17) is 0 Å². The normalized spacial score (nSPS) is 20.7. The number of hydrogen-bond donors (Lipinski definition) is 2. The molecule has 2 aromatic carbocycles. The van der Waals surface area contributed by atoms with E-state index in [2.05, 4.69) is 27.9 Å². The van der Waals surface area contributed by atoms with Crippen molar-refractivity contribution in [1.29, 1.82) is 0 Å². The molecule has 1 aliphatic heterocycles. The van der Waals surface area contributed by atoms with Crippen LogP contribution in [0.4, 0.5) is 5.69 Å². The molecule has 8 heteroatoms. The summed E-state index contributed by atoms with van der Waals surface area (Å²) in [6.07, 6.45) is 0.416. The van der Waals surface area contributed by atoms with Crippen molar-refractivity contribution >= 4 is 44.2 Å². The van der Waals surface area contributed by atoms with Gasteiger partial charge in [-0.1, -0.05) is 6.07 Å². The number of aryl methyl sites for hydroxylation is 1. The average molecular weight is 514 g/mol. The highest BCUT2D eigenvalue weighted by Crippen LogP contribution is 2.26. The van der Waals surface area contributed by atoms with E-state index in [1.807, 2.05) is 19.1 Å². The minimum absolute atomic E-state index is 0.179. The van der Waals surface area contributed by atoms with Gasteiger partial charge in [0.05, 0.1) is 11.0 Å². The summed E-state index contributed by atoms with van der Waals surface area (Å²) in [5, 5.41) is 12.5. The number of halogens is 1. The second-order valence-corrected chi connectivity index (χ2v) is 10.1. The number of amides is 1. The molecule has 2 N–H and O–H groups in total. The number of aliphatic hydroxyl groups is 1. The Bertz CT molecular complexity index is 976. The molecule has 2 aromatic rings. The number of aliphatic hydroxyl groups excluding tert-OH is 1. The highest BCUT2D eigenvalue weighted by molar-refractivity contribution is 14.1. The molecular weight excluding hydrogens is 491 g/mol. The highest BCUT2D eigenvalue weighted by Gasteiger charge is 2.33. The highest BCUT2D eigenvalue weighted by atomic mass is 127. The lowest BCUT2D eigenvalue weighted by atomic mass is 10.0. The van der Waals surface area contributed by atoms with Gasteiger partial charge in [-0.25, -0.2) is 8.42 Å². The van der Waals surface area contributed by atoms with Gasteiger partial charge in [-0.3, -0.25) is 4.79 Å². The second-order valence-electron chi connectivity index (χ2n) is 7.09. The Morgan fingerprint density at radius 2 is 1.89 bits per heavy atom. The Labute approximate surface area is 179 Å². The summed E-state index contributed by atoms with van der Waals surface area (Å²) in [6, 6.07) is 11.4. The lowest BCUT2D eigenvalue weighted by molar-refractivity contribution is 0.0867. The molecule has 1 heterocycles. The average Bonchev–Trinajstić information content (AvgIpc) is 2.64. The van der Waals surface area contributed by atoms with Crippen molar-refractivity contribution < 1.29 is 18.3 Å². The molecule has 2 atom stereocenters. The van der Waals surface area contributed by atoms with Crippen LogP contribution in [0.1, 0.15) is 35.7 Å². The van der Waals surface area contributed by atoms with E-state index in [0.717, 1.165) is 9.13 Å². The minimum Gasteiger partial charge on any atom is -0.393 e. The maximum Gasteiger partial charge on any atom is 0.255 e. The van der Waals surface area contributed by atoms with Gasteiger partial charge >= 0.3 is 0 Å². The van der Waals surface area contributed by atoms with Crippen LogP contribution in [0, 0.1) is 10.5 Å². The Morgan fingerprint density at radius 3 is 2.50 bits per heavy atom. The molecule has 0 bridgehead atoms. The number of rotatable bonds is 4. The molecule has 0 aromatic heterocycles. The second kappa shape index (κ2) is 8.48. The summed E-state index contributed by atoms with van der Waals surface area (Å²) in [4.78, 5) is 12.6.